The third-order valence-electron chi connectivity index (χ3n) is 3.92. The summed E-state index contributed by atoms with van der Waals surface area (Å²) in [7, 11) is 0. The molecule has 0 bridgehead atoms. The normalized spacial score (nSPS) is 14.6. The second-order valence-corrected chi connectivity index (χ2v) is 8.50. The SMILES string of the molecule is CCOc1cc(/C=C2\SC(=O)NC2=O)cc(I)c1OCC(=O)Nc1cccc(C)c1. The Labute approximate surface area is 191 Å². The first-order valence-corrected chi connectivity index (χ1v) is 11.0. The van der Waals surface area contributed by atoms with Crippen LogP contribution < -0.4 is 20.1 Å². The molecule has 156 valence electrons. The molecule has 1 aliphatic rings. The van der Waals surface area contributed by atoms with E-state index in [2.05, 4.69) is 33.2 Å². The van der Waals surface area contributed by atoms with Crippen molar-refractivity contribution in [1.29, 1.82) is 0 Å². The van der Waals surface area contributed by atoms with Crippen molar-refractivity contribution in [2.45, 2.75) is 13.8 Å². The second kappa shape index (κ2) is 9.98. The molecule has 0 spiro atoms. The molecule has 2 N–H and O–H groups in total. The van der Waals surface area contributed by atoms with Gasteiger partial charge in [-0.1, -0.05) is 12.1 Å². The molecular weight excluding hydrogens is 519 g/mol. The average Bonchev–Trinajstić information content (AvgIpc) is 2.98. The van der Waals surface area contributed by atoms with Gasteiger partial charge in [-0.2, -0.15) is 0 Å². The Kier molecular flexibility index (Phi) is 7.38. The summed E-state index contributed by atoms with van der Waals surface area (Å²) in [5.41, 5.74) is 2.43. The topological polar surface area (TPSA) is 93.7 Å². The predicted octanol–water partition coefficient (Wildman–Crippen LogP) is 4.34. The number of carbonyl (C=O) groups is 3. The number of nitrogens with one attached hydrogen (secondary N) is 2. The van der Waals surface area contributed by atoms with Gasteiger partial charge < -0.3 is 14.8 Å². The van der Waals surface area contributed by atoms with Crippen molar-refractivity contribution in [2.75, 3.05) is 18.5 Å². The highest BCUT2D eigenvalue weighted by atomic mass is 127. The van der Waals surface area contributed by atoms with Crippen LogP contribution >= 0.6 is 34.4 Å². The lowest BCUT2D eigenvalue weighted by Crippen LogP contribution is -2.20. The maximum atomic E-state index is 12.3. The molecule has 0 aliphatic carbocycles. The molecule has 3 rings (SSSR count). The van der Waals surface area contributed by atoms with E-state index >= 15 is 0 Å². The number of thioether (sulfide) groups is 1. The largest absolute Gasteiger partial charge is 0.490 e. The molecule has 1 heterocycles. The highest BCUT2D eigenvalue weighted by Crippen LogP contribution is 2.36. The minimum absolute atomic E-state index is 0.183. The number of imide groups is 1. The number of hydrogen-bond donors (Lipinski definition) is 2. The van der Waals surface area contributed by atoms with Crippen molar-refractivity contribution in [3.8, 4) is 11.5 Å². The van der Waals surface area contributed by atoms with Crippen molar-refractivity contribution < 1.29 is 23.9 Å². The molecule has 0 atom stereocenters. The fourth-order valence-electron chi connectivity index (χ4n) is 2.70. The summed E-state index contributed by atoms with van der Waals surface area (Å²) in [6.07, 6.45) is 1.61. The van der Waals surface area contributed by atoms with E-state index in [0.717, 1.165) is 17.3 Å². The van der Waals surface area contributed by atoms with E-state index in [1.165, 1.54) is 0 Å². The van der Waals surface area contributed by atoms with Gasteiger partial charge in [-0.25, -0.2) is 0 Å². The molecule has 1 fully saturated rings. The van der Waals surface area contributed by atoms with Crippen molar-refractivity contribution in [2.24, 2.45) is 0 Å². The number of carbonyl (C=O) groups excluding carboxylic acids is 3. The van der Waals surface area contributed by atoms with Crippen LogP contribution in [0.25, 0.3) is 6.08 Å². The van der Waals surface area contributed by atoms with Crippen LogP contribution in [-0.2, 0) is 9.59 Å². The Morgan fingerprint density at radius 1 is 1.23 bits per heavy atom. The van der Waals surface area contributed by atoms with Gasteiger partial charge in [-0.15, -0.1) is 0 Å². The van der Waals surface area contributed by atoms with E-state index in [4.69, 9.17) is 9.47 Å². The lowest BCUT2D eigenvalue weighted by atomic mass is 10.2. The molecule has 1 saturated heterocycles. The lowest BCUT2D eigenvalue weighted by Gasteiger charge is -2.15. The Balaban J connectivity index is 1.75. The number of aryl methyl sites for hydroxylation is 1. The van der Waals surface area contributed by atoms with E-state index in [-0.39, 0.29) is 12.5 Å². The van der Waals surface area contributed by atoms with Gasteiger partial charge in [-0.05, 0) is 89.7 Å². The van der Waals surface area contributed by atoms with E-state index in [9.17, 15) is 14.4 Å². The third-order valence-corrected chi connectivity index (χ3v) is 5.53. The molecule has 0 radical (unpaired) electrons. The zero-order valence-electron chi connectivity index (χ0n) is 16.3. The van der Waals surface area contributed by atoms with Crippen LogP contribution in [0.2, 0.25) is 0 Å². The van der Waals surface area contributed by atoms with Crippen LogP contribution in [-0.4, -0.2) is 30.3 Å². The van der Waals surface area contributed by atoms with E-state index in [0.29, 0.717) is 37.8 Å². The Hall–Kier alpha value is -2.53. The number of halogens is 1. The van der Waals surface area contributed by atoms with Gasteiger partial charge in [0.1, 0.15) is 0 Å². The third kappa shape index (κ3) is 5.76. The number of anilines is 1. The van der Waals surface area contributed by atoms with Gasteiger partial charge in [0.15, 0.2) is 18.1 Å². The van der Waals surface area contributed by atoms with Gasteiger partial charge in [0.05, 0.1) is 15.1 Å². The molecule has 0 unspecified atom stereocenters. The van der Waals surface area contributed by atoms with E-state index in [1.807, 2.05) is 38.1 Å². The number of ether oxygens (including phenoxy) is 2. The molecule has 2 aromatic carbocycles. The lowest BCUT2D eigenvalue weighted by molar-refractivity contribution is -0.118. The molecular formula is C21H19IN2O5S. The molecule has 9 heteroatoms. The molecule has 2 aromatic rings. The van der Waals surface area contributed by atoms with E-state index < -0.39 is 11.1 Å². The van der Waals surface area contributed by atoms with Gasteiger partial charge in [0, 0.05) is 5.69 Å². The van der Waals surface area contributed by atoms with Crippen LogP contribution in [0.4, 0.5) is 10.5 Å². The van der Waals surface area contributed by atoms with Gasteiger partial charge in [0.25, 0.3) is 17.1 Å². The molecule has 0 saturated carbocycles. The first-order chi connectivity index (χ1) is 14.4. The Morgan fingerprint density at radius 3 is 2.70 bits per heavy atom. The molecule has 3 amide bonds. The quantitative estimate of drug-likeness (QED) is 0.403. The first-order valence-electron chi connectivity index (χ1n) is 9.06. The van der Waals surface area contributed by atoms with E-state index in [1.54, 1.807) is 18.2 Å². The number of benzene rings is 2. The summed E-state index contributed by atoms with van der Waals surface area (Å²) in [5.74, 6) is 0.182. The standard InChI is InChI=1S/C21H19IN2O5S/c1-3-28-16-9-13(10-17-20(26)24-21(27)30-17)8-15(22)19(16)29-11-18(25)23-14-6-4-5-12(2)7-14/h4-10H,3,11H2,1-2H3,(H,23,25)(H,24,26,27)/b17-10-. The van der Waals surface area contributed by atoms with Crippen LogP contribution in [0.1, 0.15) is 18.1 Å². The van der Waals surface area contributed by atoms with Crippen molar-refractivity contribution in [3.05, 3.63) is 56.0 Å². The molecule has 1 aliphatic heterocycles. The average molecular weight is 538 g/mol. The highest BCUT2D eigenvalue weighted by molar-refractivity contribution is 14.1. The Bertz CT molecular complexity index is 1040. The van der Waals surface area contributed by atoms with Crippen LogP contribution in [0.5, 0.6) is 11.5 Å². The van der Waals surface area contributed by atoms with Gasteiger partial charge in [-0.3, -0.25) is 19.7 Å². The number of hydrogen-bond acceptors (Lipinski definition) is 6. The maximum Gasteiger partial charge on any atom is 0.290 e. The summed E-state index contributed by atoms with van der Waals surface area (Å²) in [6.45, 7) is 4.00. The second-order valence-electron chi connectivity index (χ2n) is 6.32. The Morgan fingerprint density at radius 2 is 2.03 bits per heavy atom. The zero-order valence-corrected chi connectivity index (χ0v) is 19.3. The van der Waals surface area contributed by atoms with Crippen molar-refractivity contribution >= 4 is 63.2 Å². The molecule has 0 aromatic heterocycles. The fourth-order valence-corrected chi connectivity index (χ4v) is 4.17. The molecule has 30 heavy (non-hydrogen) atoms. The highest BCUT2D eigenvalue weighted by Gasteiger charge is 2.25. The van der Waals surface area contributed by atoms with Gasteiger partial charge in [0.2, 0.25) is 0 Å². The number of rotatable bonds is 7. The minimum Gasteiger partial charge on any atom is -0.490 e. The van der Waals surface area contributed by atoms with Crippen LogP contribution in [0.15, 0.2) is 41.3 Å². The first kappa shape index (κ1) is 22.2. The van der Waals surface area contributed by atoms with Gasteiger partial charge >= 0.3 is 0 Å². The summed E-state index contributed by atoms with van der Waals surface area (Å²) in [4.78, 5) is 35.7. The zero-order chi connectivity index (χ0) is 21.7. The maximum absolute atomic E-state index is 12.3. The summed E-state index contributed by atoms with van der Waals surface area (Å²) in [6, 6.07) is 11.0. The van der Waals surface area contributed by atoms with Crippen LogP contribution in [0.3, 0.4) is 0 Å². The monoisotopic (exact) mass is 538 g/mol. The van der Waals surface area contributed by atoms with Crippen LogP contribution in [0, 0.1) is 10.5 Å². The summed E-state index contributed by atoms with van der Waals surface area (Å²) < 4.78 is 12.1. The minimum atomic E-state index is -0.425. The smallest absolute Gasteiger partial charge is 0.290 e. The fraction of sp³-hybridized carbons (Fsp3) is 0.190. The summed E-state index contributed by atoms with van der Waals surface area (Å²) in [5, 5.41) is 4.62. The van der Waals surface area contributed by atoms with Crippen molar-refractivity contribution in [3.63, 3.8) is 0 Å². The van der Waals surface area contributed by atoms with Crippen molar-refractivity contribution in [1.82, 2.24) is 5.32 Å². The molecule has 7 nitrogen and oxygen atoms in total. The predicted molar refractivity (Wildman–Crippen MR) is 125 cm³/mol. The summed E-state index contributed by atoms with van der Waals surface area (Å²) >= 11 is 2.93. The number of amides is 3.